The van der Waals surface area contributed by atoms with Crippen molar-refractivity contribution >= 4 is 21.9 Å². The molecule has 0 saturated heterocycles. The molecule has 0 aromatic heterocycles. The summed E-state index contributed by atoms with van der Waals surface area (Å²) >= 11 is 3.01. The Kier molecular flexibility index (Phi) is 3.64. The lowest BCUT2D eigenvalue weighted by atomic mass is 9.72. The van der Waals surface area contributed by atoms with Gasteiger partial charge in [0.25, 0.3) is 0 Å². The van der Waals surface area contributed by atoms with Crippen LogP contribution in [0.1, 0.15) is 26.3 Å². The van der Waals surface area contributed by atoms with Crippen molar-refractivity contribution in [3.63, 3.8) is 0 Å². The molecular weight excluding hydrogens is 291 g/mol. The molecule has 17 heavy (non-hydrogen) atoms. The van der Waals surface area contributed by atoms with E-state index in [1.165, 1.54) is 39.0 Å². The molecule has 2 N–H and O–H groups in total. The summed E-state index contributed by atoms with van der Waals surface area (Å²) in [5.41, 5.74) is -2.64. The van der Waals surface area contributed by atoms with Crippen molar-refractivity contribution < 1.29 is 19.4 Å². The van der Waals surface area contributed by atoms with Crippen LogP contribution in [-0.4, -0.2) is 16.2 Å². The van der Waals surface area contributed by atoms with Crippen molar-refractivity contribution in [1.29, 1.82) is 0 Å². The zero-order chi connectivity index (χ0) is 13.4. The lowest BCUT2D eigenvalue weighted by Crippen LogP contribution is -2.45. The van der Waals surface area contributed by atoms with Crippen molar-refractivity contribution in [2.24, 2.45) is 5.41 Å². The van der Waals surface area contributed by atoms with Gasteiger partial charge >= 0.3 is 5.97 Å². The van der Waals surface area contributed by atoms with Crippen molar-refractivity contribution in [3.8, 4) is 0 Å². The number of benzene rings is 1. The zero-order valence-corrected chi connectivity index (χ0v) is 11.4. The van der Waals surface area contributed by atoms with Crippen LogP contribution in [0.15, 0.2) is 22.7 Å². The van der Waals surface area contributed by atoms with E-state index in [0.717, 1.165) is 0 Å². The minimum atomic E-state index is -1.60. The van der Waals surface area contributed by atoms with E-state index >= 15 is 0 Å². The average molecular weight is 305 g/mol. The first-order chi connectivity index (χ1) is 7.60. The summed E-state index contributed by atoms with van der Waals surface area (Å²) in [6.07, 6.45) is 0. The van der Waals surface area contributed by atoms with Gasteiger partial charge in [-0.2, -0.15) is 0 Å². The minimum Gasteiger partial charge on any atom is -0.481 e. The van der Waals surface area contributed by atoms with Crippen LogP contribution in [0, 0.1) is 11.2 Å². The first kappa shape index (κ1) is 14.1. The average Bonchev–Trinajstić information content (AvgIpc) is 2.21. The van der Waals surface area contributed by atoms with Crippen molar-refractivity contribution in [2.75, 3.05) is 0 Å². The standard InChI is InChI=1S/C12H14BrFO3/c1-11(2,10(15)16)12(3,17)7-4-5-9(14)8(13)6-7/h4-6,17H,1-3H3,(H,15,16). The predicted octanol–water partition coefficient (Wildman–Crippen LogP) is 2.91. The summed E-state index contributed by atoms with van der Waals surface area (Å²) in [5.74, 6) is -1.58. The lowest BCUT2D eigenvalue weighted by molar-refractivity contribution is -0.164. The van der Waals surface area contributed by atoms with Crippen LogP contribution in [0.25, 0.3) is 0 Å². The van der Waals surface area contributed by atoms with Gasteiger partial charge in [0.2, 0.25) is 0 Å². The second-order valence-corrected chi connectivity index (χ2v) is 5.49. The smallest absolute Gasteiger partial charge is 0.312 e. The van der Waals surface area contributed by atoms with E-state index < -0.39 is 22.8 Å². The fourth-order valence-corrected chi connectivity index (χ4v) is 1.75. The van der Waals surface area contributed by atoms with Crippen molar-refractivity contribution in [3.05, 3.63) is 34.1 Å². The molecule has 1 atom stereocenters. The van der Waals surface area contributed by atoms with Crippen LogP contribution in [0.3, 0.4) is 0 Å². The monoisotopic (exact) mass is 304 g/mol. The number of aliphatic hydroxyl groups is 1. The molecule has 0 radical (unpaired) electrons. The van der Waals surface area contributed by atoms with Gasteiger partial charge in [-0.1, -0.05) is 6.07 Å². The molecule has 0 amide bonds. The highest BCUT2D eigenvalue weighted by molar-refractivity contribution is 9.10. The van der Waals surface area contributed by atoms with Gasteiger partial charge in [-0.05, 0) is 54.4 Å². The molecule has 5 heteroatoms. The highest BCUT2D eigenvalue weighted by Crippen LogP contribution is 2.40. The molecule has 1 unspecified atom stereocenters. The van der Waals surface area contributed by atoms with Crippen LogP contribution in [0.5, 0.6) is 0 Å². The second kappa shape index (κ2) is 4.38. The summed E-state index contributed by atoms with van der Waals surface area (Å²) in [4.78, 5) is 11.1. The van der Waals surface area contributed by atoms with E-state index in [9.17, 15) is 14.3 Å². The summed E-state index contributed by atoms with van der Waals surface area (Å²) in [6.45, 7) is 4.25. The fraction of sp³-hybridized carbons (Fsp3) is 0.417. The van der Waals surface area contributed by atoms with Crippen LogP contribution < -0.4 is 0 Å². The molecule has 94 valence electrons. The molecule has 1 rings (SSSR count). The zero-order valence-electron chi connectivity index (χ0n) is 9.79. The number of rotatable bonds is 3. The Morgan fingerprint density at radius 2 is 1.88 bits per heavy atom. The largest absolute Gasteiger partial charge is 0.481 e. The maximum atomic E-state index is 13.1. The molecule has 0 fully saturated rings. The van der Waals surface area contributed by atoms with Gasteiger partial charge in [-0.25, -0.2) is 4.39 Å². The molecule has 3 nitrogen and oxygen atoms in total. The topological polar surface area (TPSA) is 57.5 Å². The van der Waals surface area contributed by atoms with E-state index in [-0.39, 0.29) is 4.47 Å². The normalized spacial score (nSPS) is 15.4. The summed E-state index contributed by atoms with van der Waals surface area (Å²) in [5, 5.41) is 19.5. The Labute approximate surface area is 107 Å². The molecule has 0 aliphatic rings. The summed E-state index contributed by atoms with van der Waals surface area (Å²) in [7, 11) is 0. The van der Waals surface area contributed by atoms with Crippen molar-refractivity contribution in [1.82, 2.24) is 0 Å². The third-order valence-corrected chi connectivity index (χ3v) is 3.84. The third kappa shape index (κ3) is 2.35. The number of carboxylic acids is 1. The van der Waals surface area contributed by atoms with E-state index in [1.54, 1.807) is 0 Å². The van der Waals surface area contributed by atoms with Crippen molar-refractivity contribution in [2.45, 2.75) is 26.4 Å². The molecule has 1 aromatic carbocycles. The molecule has 0 heterocycles. The number of halogens is 2. The van der Waals surface area contributed by atoms with Gasteiger partial charge in [-0.3, -0.25) is 4.79 Å². The number of hydrogen-bond acceptors (Lipinski definition) is 2. The Morgan fingerprint density at radius 1 is 1.35 bits per heavy atom. The number of carbonyl (C=O) groups is 1. The van der Waals surface area contributed by atoms with E-state index in [2.05, 4.69) is 15.9 Å². The minimum absolute atomic E-state index is 0.191. The molecule has 0 aliphatic carbocycles. The Morgan fingerprint density at radius 3 is 2.29 bits per heavy atom. The number of aliphatic carboxylic acids is 1. The molecule has 0 bridgehead atoms. The lowest BCUT2D eigenvalue weighted by Gasteiger charge is -2.37. The Balaban J connectivity index is 3.30. The fourth-order valence-electron chi connectivity index (χ4n) is 1.37. The van der Waals surface area contributed by atoms with Gasteiger partial charge in [0.15, 0.2) is 0 Å². The molecular formula is C12H14BrFO3. The van der Waals surface area contributed by atoms with Gasteiger partial charge in [0, 0.05) is 0 Å². The summed E-state index contributed by atoms with van der Waals surface area (Å²) in [6, 6.07) is 3.95. The Hall–Kier alpha value is -0.940. The quantitative estimate of drug-likeness (QED) is 0.903. The van der Waals surface area contributed by atoms with Gasteiger partial charge in [-0.15, -0.1) is 0 Å². The SMILES string of the molecule is CC(C)(C(=O)O)C(C)(O)c1ccc(F)c(Br)c1. The van der Waals surface area contributed by atoms with Crippen LogP contribution in [0.2, 0.25) is 0 Å². The number of hydrogen-bond donors (Lipinski definition) is 2. The first-order valence-electron chi connectivity index (χ1n) is 5.02. The van der Waals surface area contributed by atoms with E-state index in [1.807, 2.05) is 0 Å². The van der Waals surface area contributed by atoms with E-state index in [0.29, 0.717) is 5.56 Å². The second-order valence-electron chi connectivity index (χ2n) is 4.63. The molecule has 0 aliphatic heterocycles. The molecule has 0 spiro atoms. The molecule has 1 aromatic rings. The third-order valence-electron chi connectivity index (χ3n) is 3.23. The molecule has 0 saturated carbocycles. The maximum Gasteiger partial charge on any atom is 0.312 e. The van der Waals surface area contributed by atoms with Crippen LogP contribution in [-0.2, 0) is 10.4 Å². The number of carboxylic acid groups (broad SMARTS) is 1. The van der Waals surface area contributed by atoms with Gasteiger partial charge in [0.05, 0.1) is 9.89 Å². The van der Waals surface area contributed by atoms with Gasteiger partial charge < -0.3 is 10.2 Å². The van der Waals surface area contributed by atoms with Crippen LogP contribution in [0.4, 0.5) is 4.39 Å². The maximum absolute atomic E-state index is 13.1. The highest BCUT2D eigenvalue weighted by atomic mass is 79.9. The van der Waals surface area contributed by atoms with Gasteiger partial charge in [0.1, 0.15) is 11.4 Å². The summed E-state index contributed by atoms with van der Waals surface area (Å²) < 4.78 is 13.3. The highest BCUT2D eigenvalue weighted by Gasteiger charge is 2.46. The van der Waals surface area contributed by atoms with E-state index in [4.69, 9.17) is 5.11 Å². The van der Waals surface area contributed by atoms with Crippen LogP contribution >= 0.6 is 15.9 Å². The first-order valence-corrected chi connectivity index (χ1v) is 5.81. The Bertz CT molecular complexity index is 455. The predicted molar refractivity (Wildman–Crippen MR) is 65.1 cm³/mol.